The van der Waals surface area contributed by atoms with Crippen LogP contribution in [0.5, 0.6) is 5.75 Å². The summed E-state index contributed by atoms with van der Waals surface area (Å²) in [6.45, 7) is 3.31. The minimum absolute atomic E-state index is 0.0367. The van der Waals surface area contributed by atoms with Crippen LogP contribution < -0.4 is 21.1 Å². The quantitative estimate of drug-likeness (QED) is 0.0495. The van der Waals surface area contributed by atoms with E-state index in [4.69, 9.17) is 33.7 Å². The average molecular weight is 954 g/mol. The lowest BCUT2D eigenvalue weighted by molar-refractivity contribution is -0.136. The normalized spacial score (nSPS) is 17.3. The molecule has 3 aliphatic heterocycles. The molecule has 4 aromatic rings. The molecule has 0 aliphatic carbocycles. The molecular weight excluding hydrogens is 903 g/mol. The van der Waals surface area contributed by atoms with E-state index in [1.165, 1.54) is 18.2 Å². The second kappa shape index (κ2) is 20.7. The van der Waals surface area contributed by atoms with Gasteiger partial charge in [-0.3, -0.25) is 38.9 Å². The van der Waals surface area contributed by atoms with Crippen molar-refractivity contribution in [3.8, 4) is 16.9 Å². The minimum Gasteiger partial charge on any atom is -0.482 e. The van der Waals surface area contributed by atoms with E-state index in [1.807, 2.05) is 15.8 Å². The highest BCUT2D eigenvalue weighted by Gasteiger charge is 2.45. The molecule has 5 amide bonds. The number of carbonyl (C=O) groups excluding carboxylic acids is 5. The molecule has 2 aromatic carbocycles. The minimum atomic E-state index is -3.26. The van der Waals surface area contributed by atoms with Gasteiger partial charge in [0.25, 0.3) is 11.8 Å². The summed E-state index contributed by atoms with van der Waals surface area (Å²) in [5.41, 5.74) is 8.76. The fourth-order valence-electron chi connectivity index (χ4n) is 8.48. The highest BCUT2D eigenvalue weighted by Crippen LogP contribution is 2.38. The summed E-state index contributed by atoms with van der Waals surface area (Å²) in [7, 11) is -3.26. The summed E-state index contributed by atoms with van der Waals surface area (Å²) < 4.78 is 47.6. The topological polar surface area (TPSA) is 216 Å². The van der Waals surface area contributed by atoms with Gasteiger partial charge in [-0.15, -0.1) is 0 Å². The summed E-state index contributed by atoms with van der Waals surface area (Å²) in [5, 5.41) is 10.1. The number of carbonyl (C=O) groups is 5. The fourth-order valence-corrected chi connectivity index (χ4v) is 10.7. The first-order valence-electron chi connectivity index (χ1n) is 21.8. The molecule has 2 fully saturated rings. The molecular formula is C45H51Cl2FN8O8S. The molecule has 5 heterocycles. The van der Waals surface area contributed by atoms with Crippen molar-refractivity contribution in [2.24, 2.45) is 0 Å². The Labute approximate surface area is 386 Å². The number of aromatic nitrogens is 3. The number of piperidine rings is 2. The van der Waals surface area contributed by atoms with E-state index in [-0.39, 0.29) is 69.0 Å². The van der Waals surface area contributed by atoms with Crippen molar-refractivity contribution in [1.82, 2.24) is 29.9 Å². The van der Waals surface area contributed by atoms with Crippen molar-refractivity contribution in [1.29, 1.82) is 0 Å². The lowest BCUT2D eigenvalue weighted by atomic mass is 10.0. The van der Waals surface area contributed by atoms with Gasteiger partial charge < -0.3 is 20.7 Å². The van der Waals surface area contributed by atoms with Crippen LogP contribution in [0.2, 0.25) is 10.0 Å². The fraction of sp³-hybridized carbons (Fsp3) is 0.444. The second-order valence-corrected chi connectivity index (χ2v) is 19.7. The number of anilines is 2. The Kier molecular flexibility index (Phi) is 15.1. The van der Waals surface area contributed by atoms with Crippen LogP contribution in [-0.4, -0.2) is 99.7 Å². The first kappa shape index (κ1) is 47.4. The number of benzene rings is 2. The molecule has 0 bridgehead atoms. The Morgan fingerprint density at radius 2 is 1.71 bits per heavy atom. The molecule has 4 N–H and O–H groups in total. The number of unbranched alkanes of at least 4 members (excludes halogenated alkanes) is 4. The molecule has 16 nitrogen and oxygen atoms in total. The van der Waals surface area contributed by atoms with Crippen LogP contribution in [0.1, 0.15) is 116 Å². The Hall–Kier alpha value is -5.59. The summed E-state index contributed by atoms with van der Waals surface area (Å²) in [4.78, 5) is 70.5. The third-order valence-corrected chi connectivity index (χ3v) is 14.6. The number of rotatable bonds is 19. The summed E-state index contributed by atoms with van der Waals surface area (Å²) in [6.07, 6.45) is 9.91. The van der Waals surface area contributed by atoms with Crippen molar-refractivity contribution >= 4 is 74.1 Å². The monoisotopic (exact) mass is 952 g/mol. The van der Waals surface area contributed by atoms with E-state index in [0.717, 1.165) is 23.3 Å². The smallest absolute Gasteiger partial charge is 0.264 e. The number of nitrogens with two attached hydrogens (primary N) is 1. The summed E-state index contributed by atoms with van der Waals surface area (Å²) >= 11 is 12.5. The predicted molar refractivity (Wildman–Crippen MR) is 243 cm³/mol. The van der Waals surface area contributed by atoms with E-state index < -0.39 is 51.4 Å². The molecule has 2 aromatic heterocycles. The first-order valence-corrected chi connectivity index (χ1v) is 24.4. The van der Waals surface area contributed by atoms with E-state index in [9.17, 15) is 36.8 Å². The van der Waals surface area contributed by atoms with E-state index >= 15 is 0 Å². The van der Waals surface area contributed by atoms with Gasteiger partial charge in [0, 0.05) is 72.3 Å². The van der Waals surface area contributed by atoms with Crippen LogP contribution in [0.3, 0.4) is 0 Å². The zero-order valence-corrected chi connectivity index (χ0v) is 38.2. The zero-order valence-electron chi connectivity index (χ0n) is 35.9. The molecule has 2 atom stereocenters. The van der Waals surface area contributed by atoms with Gasteiger partial charge in [-0.25, -0.2) is 17.8 Å². The van der Waals surface area contributed by atoms with Gasteiger partial charge >= 0.3 is 0 Å². The standard InChI is InChI=1S/C45H51Cl2FN8O8S/c1-27(39-32(46)12-13-33(48)41(39)47)64-36-23-28(24-51-42(36)49)29-25-52-55(26-29)30-16-19-54(20-17-30)38(58)11-4-2-6-21-65(62,63)22-7-3-5-18-50-34-10-8-9-31-40(34)45(61)56(44(31)60)35-14-15-37(57)53-43(35)59/h8-10,12-13,23-27,30,35,50H,2-7,11,14-22H2,1H3,(H2,49,51)(H,53,57,59). The van der Waals surface area contributed by atoms with Gasteiger partial charge in [-0.05, 0) is 82.2 Å². The average Bonchev–Trinajstić information content (AvgIpc) is 3.87. The number of likely N-dealkylation sites (tertiary alicyclic amines) is 1. The molecule has 0 radical (unpaired) electrons. The van der Waals surface area contributed by atoms with Crippen LogP contribution in [-0.2, 0) is 24.2 Å². The lowest BCUT2D eigenvalue weighted by Crippen LogP contribution is -2.54. The van der Waals surface area contributed by atoms with E-state index in [0.29, 0.717) is 81.4 Å². The number of nitrogens with one attached hydrogen (secondary N) is 2. The number of ether oxygens (including phenoxy) is 1. The van der Waals surface area contributed by atoms with Gasteiger partial charge in [0.05, 0.1) is 39.9 Å². The number of halogens is 3. The van der Waals surface area contributed by atoms with Crippen molar-refractivity contribution in [2.45, 2.75) is 95.7 Å². The van der Waals surface area contributed by atoms with Gasteiger partial charge in [-0.2, -0.15) is 5.10 Å². The zero-order chi connectivity index (χ0) is 46.4. The molecule has 346 valence electrons. The van der Waals surface area contributed by atoms with Crippen LogP contribution in [0.4, 0.5) is 15.9 Å². The van der Waals surface area contributed by atoms with Gasteiger partial charge in [0.15, 0.2) is 11.6 Å². The number of pyridine rings is 1. The number of hydrogen-bond donors (Lipinski definition) is 3. The molecule has 20 heteroatoms. The van der Waals surface area contributed by atoms with E-state index in [1.54, 1.807) is 37.5 Å². The SMILES string of the molecule is CC(Oc1cc(-c2cnn(C3CCN(C(=O)CCCCCS(=O)(=O)CCCCCNc4cccc5c4C(=O)N(C4CCC(=O)NC4=O)C5=O)CC3)c2)cnc1N)c1c(Cl)ccc(F)c1Cl. The number of nitrogens with zero attached hydrogens (tertiary/aromatic N) is 5. The number of amides is 5. The molecule has 65 heavy (non-hydrogen) atoms. The van der Waals surface area contributed by atoms with E-state index in [2.05, 4.69) is 20.7 Å². The highest BCUT2D eigenvalue weighted by atomic mass is 35.5. The molecule has 2 saturated heterocycles. The van der Waals surface area contributed by atoms with Crippen LogP contribution in [0, 0.1) is 5.82 Å². The Bertz CT molecular complexity index is 2590. The maximum Gasteiger partial charge on any atom is 0.264 e. The third-order valence-electron chi connectivity index (χ3n) is 12.1. The second-order valence-electron chi connectivity index (χ2n) is 16.6. The largest absolute Gasteiger partial charge is 0.482 e. The Morgan fingerprint density at radius 3 is 2.45 bits per heavy atom. The number of imide groups is 2. The van der Waals surface area contributed by atoms with Crippen molar-refractivity contribution < 1.29 is 41.5 Å². The molecule has 2 unspecified atom stereocenters. The Morgan fingerprint density at radius 1 is 0.969 bits per heavy atom. The molecule has 0 spiro atoms. The van der Waals surface area contributed by atoms with Crippen molar-refractivity contribution in [2.75, 3.05) is 42.2 Å². The van der Waals surface area contributed by atoms with Gasteiger partial charge in [-0.1, -0.05) is 42.1 Å². The summed E-state index contributed by atoms with van der Waals surface area (Å²) in [6, 6.07) is 8.24. The maximum atomic E-state index is 14.2. The molecule has 3 aliphatic rings. The summed E-state index contributed by atoms with van der Waals surface area (Å²) in [5.74, 6) is -2.29. The first-order chi connectivity index (χ1) is 31.1. The maximum absolute atomic E-state index is 14.2. The highest BCUT2D eigenvalue weighted by molar-refractivity contribution is 7.91. The van der Waals surface area contributed by atoms with Crippen molar-refractivity contribution in [3.05, 3.63) is 87.5 Å². The van der Waals surface area contributed by atoms with Crippen LogP contribution in [0.25, 0.3) is 11.1 Å². The number of sulfone groups is 1. The lowest BCUT2D eigenvalue weighted by Gasteiger charge is -2.32. The van der Waals surface area contributed by atoms with Crippen LogP contribution >= 0.6 is 23.2 Å². The van der Waals surface area contributed by atoms with Crippen molar-refractivity contribution in [3.63, 3.8) is 0 Å². The van der Waals surface area contributed by atoms with Gasteiger partial charge in [0.1, 0.15) is 27.8 Å². The third kappa shape index (κ3) is 11.1. The predicted octanol–water partition coefficient (Wildman–Crippen LogP) is 6.94. The molecule has 0 saturated carbocycles. The number of hydrogen-bond acceptors (Lipinski definition) is 12. The number of fused-ring (bicyclic) bond motifs is 1. The van der Waals surface area contributed by atoms with Crippen LogP contribution in [0.15, 0.2) is 55.0 Å². The van der Waals surface area contributed by atoms with Gasteiger partial charge in [0.2, 0.25) is 17.7 Å². The Balaban J connectivity index is 0.774. The molecule has 7 rings (SSSR count). The number of nitrogen functional groups attached to an aromatic ring is 1.